The molecular formula is C24H24ClN5O5S. The third kappa shape index (κ3) is 4.61. The summed E-state index contributed by atoms with van der Waals surface area (Å²) in [4.78, 5) is 33.2. The van der Waals surface area contributed by atoms with Crippen LogP contribution in [0.15, 0.2) is 41.2 Å². The van der Waals surface area contributed by atoms with Gasteiger partial charge in [0.2, 0.25) is 5.37 Å². The molecule has 5 rings (SSSR count). The van der Waals surface area contributed by atoms with E-state index in [2.05, 4.69) is 27.3 Å². The van der Waals surface area contributed by atoms with Crippen molar-refractivity contribution in [1.29, 1.82) is 0 Å². The van der Waals surface area contributed by atoms with Gasteiger partial charge in [-0.25, -0.2) is 13.9 Å². The molecule has 1 amide bonds. The molecule has 1 fully saturated rings. The van der Waals surface area contributed by atoms with Gasteiger partial charge in [0.25, 0.3) is 11.5 Å². The first kappa shape index (κ1) is 24.4. The van der Waals surface area contributed by atoms with Crippen molar-refractivity contribution in [3.05, 3.63) is 63.3 Å². The summed E-state index contributed by atoms with van der Waals surface area (Å²) < 4.78 is 28.4. The number of hydrogen-bond donors (Lipinski definition) is 3. The Morgan fingerprint density at radius 2 is 2.06 bits per heavy atom. The van der Waals surface area contributed by atoms with Crippen LogP contribution in [0.1, 0.15) is 36.7 Å². The summed E-state index contributed by atoms with van der Waals surface area (Å²) in [5.74, 6) is 0.292. The molecule has 1 saturated carbocycles. The summed E-state index contributed by atoms with van der Waals surface area (Å²) in [5, 5.41) is 6.23. The number of hydrogen-bond acceptors (Lipinski definition) is 6. The highest BCUT2D eigenvalue weighted by Gasteiger charge is 2.38. The smallest absolute Gasteiger partial charge is 0.276 e. The van der Waals surface area contributed by atoms with E-state index in [1.807, 2.05) is 0 Å². The van der Waals surface area contributed by atoms with Gasteiger partial charge in [-0.1, -0.05) is 36.7 Å². The van der Waals surface area contributed by atoms with Crippen LogP contribution in [0, 0.1) is 5.41 Å². The number of amides is 1. The maximum Gasteiger partial charge on any atom is 0.276 e. The summed E-state index contributed by atoms with van der Waals surface area (Å²) in [7, 11) is 1.32. The number of ether oxygens (including phenoxy) is 1. The first-order chi connectivity index (χ1) is 17.2. The largest absolute Gasteiger partial charge is 0.491 e. The van der Waals surface area contributed by atoms with Crippen LogP contribution in [-0.4, -0.2) is 48.1 Å². The molecule has 188 valence electrons. The molecule has 0 aliphatic heterocycles. The Kier molecular flexibility index (Phi) is 6.31. The van der Waals surface area contributed by atoms with Gasteiger partial charge in [-0.05, 0) is 25.0 Å². The molecule has 2 atom stereocenters. The average molecular weight is 530 g/mol. The van der Waals surface area contributed by atoms with Crippen LogP contribution in [0.4, 0.5) is 0 Å². The van der Waals surface area contributed by atoms with E-state index < -0.39 is 27.9 Å². The highest BCUT2D eigenvalue weighted by molar-refractivity contribution is 7.80. The fourth-order valence-corrected chi connectivity index (χ4v) is 4.83. The normalized spacial score (nSPS) is 16.1. The summed E-state index contributed by atoms with van der Waals surface area (Å²) in [6.07, 6.45) is 2.43. The van der Waals surface area contributed by atoms with Crippen molar-refractivity contribution in [2.45, 2.75) is 31.6 Å². The van der Waals surface area contributed by atoms with E-state index in [0.717, 1.165) is 17.5 Å². The van der Waals surface area contributed by atoms with Gasteiger partial charge in [0.1, 0.15) is 11.6 Å². The first-order valence-corrected chi connectivity index (χ1v) is 12.9. The van der Waals surface area contributed by atoms with Gasteiger partial charge in [0, 0.05) is 23.9 Å². The van der Waals surface area contributed by atoms with Crippen molar-refractivity contribution < 1.29 is 18.3 Å². The van der Waals surface area contributed by atoms with Crippen LogP contribution < -0.4 is 15.6 Å². The van der Waals surface area contributed by atoms with Gasteiger partial charge < -0.3 is 19.6 Å². The molecule has 0 saturated heterocycles. The number of rotatable bonds is 8. The molecule has 36 heavy (non-hydrogen) atoms. The van der Waals surface area contributed by atoms with Gasteiger partial charge in [-0.2, -0.15) is 5.10 Å². The molecule has 0 bridgehead atoms. The minimum Gasteiger partial charge on any atom is -0.491 e. The number of H-pyrrole nitrogens is 1. The Morgan fingerprint density at radius 1 is 1.33 bits per heavy atom. The van der Waals surface area contributed by atoms with E-state index in [0.29, 0.717) is 45.3 Å². The van der Waals surface area contributed by atoms with E-state index in [1.165, 1.54) is 7.05 Å². The van der Waals surface area contributed by atoms with Gasteiger partial charge in [-0.15, -0.1) is 0 Å². The number of aromatic amines is 1. The minimum absolute atomic E-state index is 0.167. The Bertz CT molecular complexity index is 1580. The number of nitrogens with one attached hydrogen (secondary N) is 2. The second-order valence-electron chi connectivity index (χ2n) is 9.24. The predicted molar refractivity (Wildman–Crippen MR) is 137 cm³/mol. The van der Waals surface area contributed by atoms with Crippen molar-refractivity contribution >= 4 is 50.4 Å². The quantitative estimate of drug-likeness (QED) is 0.298. The zero-order valence-corrected chi connectivity index (χ0v) is 21.2. The van der Waals surface area contributed by atoms with Crippen molar-refractivity contribution in [3.63, 3.8) is 0 Å². The average Bonchev–Trinajstić information content (AvgIpc) is 3.46. The van der Waals surface area contributed by atoms with Gasteiger partial charge in [-0.3, -0.25) is 9.59 Å². The molecule has 2 aromatic carbocycles. The third-order valence-electron chi connectivity index (χ3n) is 6.39. The molecule has 2 unspecified atom stereocenters. The molecule has 2 aromatic heterocycles. The lowest BCUT2D eigenvalue weighted by atomic mass is 10.1. The maximum absolute atomic E-state index is 13.1. The van der Waals surface area contributed by atoms with E-state index >= 15 is 0 Å². The van der Waals surface area contributed by atoms with E-state index in [9.17, 15) is 18.4 Å². The number of halogens is 1. The Labute approximate surface area is 213 Å². The lowest BCUT2D eigenvalue weighted by Crippen LogP contribution is -2.40. The molecular weight excluding hydrogens is 506 g/mol. The Morgan fingerprint density at radius 3 is 2.72 bits per heavy atom. The molecule has 0 spiro atoms. The zero-order chi connectivity index (χ0) is 25.6. The second kappa shape index (κ2) is 9.30. The number of benzene rings is 2. The standard InChI is InChI=1S/C24H24ClN5O5S/c1-24(7-8-24)12-35-19-10-18-17(9-15(19)25)27-20(28-18)11-16-13-5-3-4-6-14(13)22(32)30(29-16)23(36(33)34)21(31)26-2/h3-6,9-10,23H,7-8,11-12H2,1-2H3,(H,26,31)(H,27,28)(H,33,34). The number of fused-ring (bicyclic) bond motifs is 2. The number of aromatic nitrogens is 4. The molecule has 10 nitrogen and oxygen atoms in total. The highest BCUT2D eigenvalue weighted by atomic mass is 35.5. The van der Waals surface area contributed by atoms with E-state index in [-0.39, 0.29) is 17.2 Å². The fraction of sp³-hybridized carbons (Fsp3) is 0.333. The molecule has 3 N–H and O–H groups in total. The number of carbonyl (C=O) groups excluding carboxylic acids is 1. The fourth-order valence-electron chi connectivity index (χ4n) is 4.00. The van der Waals surface area contributed by atoms with Crippen LogP contribution in [-0.2, 0) is 22.3 Å². The topological polar surface area (TPSA) is 139 Å². The molecule has 12 heteroatoms. The number of nitrogens with zero attached hydrogens (tertiary/aromatic N) is 3. The van der Waals surface area contributed by atoms with Crippen LogP contribution in [0.25, 0.3) is 21.8 Å². The van der Waals surface area contributed by atoms with Crippen LogP contribution in [0.5, 0.6) is 5.75 Å². The van der Waals surface area contributed by atoms with Crippen molar-refractivity contribution in [3.8, 4) is 5.75 Å². The SMILES string of the molecule is CNC(=O)C(n1nc(Cc2nc3cc(OCC4(C)CC4)c(Cl)cc3[nH]2)c2ccccc2c1=O)S(=O)O. The van der Waals surface area contributed by atoms with Crippen LogP contribution in [0.2, 0.25) is 5.02 Å². The minimum atomic E-state index is -2.68. The molecule has 4 aromatic rings. The first-order valence-electron chi connectivity index (χ1n) is 11.3. The summed E-state index contributed by atoms with van der Waals surface area (Å²) in [6, 6.07) is 10.3. The molecule has 1 aliphatic rings. The molecule has 0 radical (unpaired) electrons. The van der Waals surface area contributed by atoms with Crippen molar-refractivity contribution in [2.24, 2.45) is 5.41 Å². The van der Waals surface area contributed by atoms with Crippen LogP contribution in [0.3, 0.4) is 0 Å². The highest BCUT2D eigenvalue weighted by Crippen LogP contribution is 2.45. The van der Waals surface area contributed by atoms with E-state index in [1.54, 1.807) is 36.4 Å². The zero-order valence-electron chi connectivity index (χ0n) is 19.6. The van der Waals surface area contributed by atoms with Gasteiger partial charge in [0.15, 0.2) is 11.1 Å². The maximum atomic E-state index is 13.1. The molecule has 1 aliphatic carbocycles. The second-order valence-corrected chi connectivity index (χ2v) is 10.7. The molecule has 2 heterocycles. The van der Waals surface area contributed by atoms with Crippen molar-refractivity contribution in [2.75, 3.05) is 13.7 Å². The summed E-state index contributed by atoms with van der Waals surface area (Å²) in [6.45, 7) is 2.76. The lowest BCUT2D eigenvalue weighted by molar-refractivity contribution is -0.121. The summed E-state index contributed by atoms with van der Waals surface area (Å²) >= 11 is 3.75. The monoisotopic (exact) mass is 529 g/mol. The van der Waals surface area contributed by atoms with Gasteiger partial charge in [0.05, 0.1) is 40.2 Å². The number of carbonyl (C=O) groups is 1. The van der Waals surface area contributed by atoms with Crippen molar-refractivity contribution in [1.82, 2.24) is 25.1 Å². The Balaban J connectivity index is 1.55. The van der Waals surface area contributed by atoms with E-state index in [4.69, 9.17) is 16.3 Å². The van der Waals surface area contributed by atoms with Crippen LogP contribution >= 0.6 is 11.6 Å². The number of imidazole rings is 1. The summed E-state index contributed by atoms with van der Waals surface area (Å²) in [5.41, 5.74) is 1.33. The lowest BCUT2D eigenvalue weighted by Gasteiger charge is -2.16. The Hall–Kier alpha value is -3.28. The van der Waals surface area contributed by atoms with Gasteiger partial charge >= 0.3 is 0 Å². The third-order valence-corrected chi connectivity index (χ3v) is 7.48. The predicted octanol–water partition coefficient (Wildman–Crippen LogP) is 3.16. The number of likely N-dealkylation sites (N-methyl/N-ethyl adjacent to an activating group) is 1.